The number of Topliss-reactive ketones (excluding diaryl/α,β-unsaturated/α-hetero) is 2. The van der Waals surface area contributed by atoms with E-state index in [1.54, 1.807) is 0 Å². The van der Waals surface area contributed by atoms with Gasteiger partial charge in [0, 0.05) is 11.1 Å². The van der Waals surface area contributed by atoms with Gasteiger partial charge in [-0.3, -0.25) is 9.59 Å². The molecule has 0 spiro atoms. The molecule has 4 nitrogen and oxygen atoms in total. The fraction of sp³-hybridized carbons (Fsp3) is 0.267. The molecule has 3 fully saturated rings. The molecule has 3 aliphatic rings. The Morgan fingerprint density at radius 2 is 0.853 bits per heavy atom. The van der Waals surface area contributed by atoms with Crippen molar-refractivity contribution in [1.82, 2.24) is 0 Å². The summed E-state index contributed by atoms with van der Waals surface area (Å²) in [6, 6.07) is 28.5. The van der Waals surface area contributed by atoms with E-state index < -0.39 is 0 Å². The maximum Gasteiger partial charge on any atom is 0.216 e. The molecule has 0 saturated carbocycles. The van der Waals surface area contributed by atoms with Gasteiger partial charge in [-0.15, -0.1) is 0 Å². The molecule has 0 unspecified atom stereocenters. The van der Waals surface area contributed by atoms with Crippen molar-refractivity contribution < 1.29 is 18.6 Å². The third-order valence-electron chi connectivity index (χ3n) is 8.25. The monoisotopic (exact) mass is 450 g/mol. The summed E-state index contributed by atoms with van der Waals surface area (Å²) >= 11 is 0. The van der Waals surface area contributed by atoms with E-state index in [4.69, 9.17) is 0 Å². The second-order valence-electron chi connectivity index (χ2n) is 10.3. The molecule has 4 aromatic rings. The van der Waals surface area contributed by atoms with Crippen molar-refractivity contribution in [3.8, 4) is 0 Å². The van der Waals surface area contributed by atoms with Crippen LogP contribution in [0.3, 0.4) is 0 Å². The molecule has 3 aliphatic heterocycles. The first kappa shape index (κ1) is 21.2. The van der Waals surface area contributed by atoms with Crippen LogP contribution < -0.4 is 0 Å². The van der Waals surface area contributed by atoms with Crippen LogP contribution in [0.1, 0.15) is 20.7 Å². The zero-order chi connectivity index (χ0) is 23.2. The molecule has 3 saturated heterocycles. The van der Waals surface area contributed by atoms with Gasteiger partial charge in [-0.05, 0) is 33.7 Å². The molecule has 34 heavy (non-hydrogen) atoms. The standard InChI is InChI=1S/C30H30N2O2/c33-29(27-11-9-23-5-1-3-7-25(23)19-27)21-31-13-16-32(17-14-31,18-15-31)22-30(34)28-12-10-24-6-2-4-8-26(24)20-28/h1-12,19-20H,13-18,21-22H2/q+2. The molecule has 4 heteroatoms. The van der Waals surface area contributed by atoms with Crippen molar-refractivity contribution in [2.75, 3.05) is 52.4 Å². The number of carbonyl (C=O) groups excluding carboxylic acids is 2. The molecule has 0 aromatic heterocycles. The summed E-state index contributed by atoms with van der Waals surface area (Å²) in [5.74, 6) is 0.472. The van der Waals surface area contributed by atoms with Gasteiger partial charge in [0.1, 0.15) is 52.4 Å². The highest BCUT2D eigenvalue weighted by molar-refractivity contribution is 6.01. The molecular weight excluding hydrogens is 420 g/mol. The molecule has 4 aromatic carbocycles. The Morgan fingerprint density at radius 1 is 0.500 bits per heavy atom. The van der Waals surface area contributed by atoms with Gasteiger partial charge in [-0.1, -0.05) is 72.8 Å². The number of hydrogen-bond donors (Lipinski definition) is 0. The zero-order valence-corrected chi connectivity index (χ0v) is 19.5. The summed E-state index contributed by atoms with van der Waals surface area (Å²) in [5.41, 5.74) is 1.63. The number of benzene rings is 4. The highest BCUT2D eigenvalue weighted by atomic mass is 16.1. The number of quaternary nitrogens is 2. The van der Waals surface area contributed by atoms with E-state index in [0.29, 0.717) is 13.1 Å². The Morgan fingerprint density at radius 3 is 1.24 bits per heavy atom. The van der Waals surface area contributed by atoms with Crippen molar-refractivity contribution in [3.63, 3.8) is 0 Å². The van der Waals surface area contributed by atoms with Crippen LogP contribution >= 0.6 is 0 Å². The van der Waals surface area contributed by atoms with Gasteiger partial charge in [0.15, 0.2) is 0 Å². The van der Waals surface area contributed by atoms with Crippen LogP contribution in [-0.2, 0) is 0 Å². The predicted molar refractivity (Wildman–Crippen MR) is 136 cm³/mol. The van der Waals surface area contributed by atoms with E-state index in [1.165, 1.54) is 10.8 Å². The number of fused-ring (bicyclic) bond motifs is 5. The minimum atomic E-state index is 0.236. The van der Waals surface area contributed by atoms with E-state index >= 15 is 0 Å². The molecule has 170 valence electrons. The molecule has 0 N–H and O–H groups in total. The normalized spacial score (nSPS) is 23.9. The first-order valence-corrected chi connectivity index (χ1v) is 12.3. The largest absolute Gasteiger partial charge is 0.303 e. The van der Waals surface area contributed by atoms with Gasteiger partial charge in [-0.25, -0.2) is 0 Å². The van der Waals surface area contributed by atoms with Crippen LogP contribution in [0.25, 0.3) is 21.5 Å². The summed E-state index contributed by atoms with van der Waals surface area (Å²) < 4.78 is 1.74. The lowest BCUT2D eigenvalue weighted by molar-refractivity contribution is -1.07. The fourth-order valence-corrected chi connectivity index (χ4v) is 5.94. The summed E-state index contributed by atoms with van der Waals surface area (Å²) in [6.45, 7) is 6.99. The first-order valence-electron chi connectivity index (χ1n) is 12.3. The molecule has 0 amide bonds. The van der Waals surface area contributed by atoms with E-state index in [1.807, 2.05) is 48.5 Å². The third kappa shape index (κ3) is 3.83. The van der Waals surface area contributed by atoms with Crippen molar-refractivity contribution in [1.29, 1.82) is 0 Å². The molecule has 3 heterocycles. The third-order valence-corrected chi connectivity index (χ3v) is 8.25. The van der Waals surface area contributed by atoms with Crippen LogP contribution in [0, 0.1) is 0 Å². The summed E-state index contributed by atoms with van der Waals surface area (Å²) in [7, 11) is 0. The molecular formula is C30H30N2O2+2. The highest BCUT2D eigenvalue weighted by Gasteiger charge is 2.50. The van der Waals surface area contributed by atoms with Gasteiger partial charge < -0.3 is 8.97 Å². The minimum Gasteiger partial charge on any atom is -0.303 e. The molecule has 7 rings (SSSR count). The average Bonchev–Trinajstić information content (AvgIpc) is 2.89. The Labute approximate surface area is 200 Å². The molecule has 0 atom stereocenters. The Hall–Kier alpha value is -3.34. The van der Waals surface area contributed by atoms with Gasteiger partial charge in [0.05, 0.1) is 0 Å². The number of hydrogen-bond acceptors (Lipinski definition) is 2. The average molecular weight is 451 g/mol. The summed E-state index contributed by atoms with van der Waals surface area (Å²) in [4.78, 5) is 26.4. The molecule has 2 bridgehead atoms. The second-order valence-corrected chi connectivity index (χ2v) is 10.3. The van der Waals surface area contributed by atoms with Crippen molar-refractivity contribution in [3.05, 3.63) is 96.1 Å². The van der Waals surface area contributed by atoms with Crippen molar-refractivity contribution in [2.45, 2.75) is 0 Å². The Balaban J connectivity index is 1.13. The SMILES string of the molecule is O=C(C[N+]12CC[N+](CC(=O)c3ccc4ccccc4c3)(CC1)CC2)c1ccc2ccccc2c1. The van der Waals surface area contributed by atoms with Crippen LogP contribution in [0.2, 0.25) is 0 Å². The molecule has 0 radical (unpaired) electrons. The summed E-state index contributed by atoms with van der Waals surface area (Å²) in [6.07, 6.45) is 0. The Bertz CT molecular complexity index is 1290. The van der Waals surface area contributed by atoms with Gasteiger partial charge in [0.25, 0.3) is 0 Å². The number of nitrogens with zero attached hydrogens (tertiary/aromatic N) is 2. The van der Waals surface area contributed by atoms with Crippen molar-refractivity contribution in [2.24, 2.45) is 0 Å². The zero-order valence-electron chi connectivity index (χ0n) is 19.5. The topological polar surface area (TPSA) is 34.1 Å². The highest BCUT2D eigenvalue weighted by Crippen LogP contribution is 2.28. The van der Waals surface area contributed by atoms with E-state index in [9.17, 15) is 9.59 Å². The van der Waals surface area contributed by atoms with Crippen LogP contribution in [0.5, 0.6) is 0 Å². The number of ketones is 2. The number of carbonyl (C=O) groups is 2. The van der Waals surface area contributed by atoms with E-state index in [2.05, 4.69) is 36.4 Å². The lowest BCUT2D eigenvalue weighted by atomic mass is 9.99. The predicted octanol–water partition coefficient (Wildman–Crippen LogP) is 4.72. The Kier molecular flexibility index (Phi) is 5.09. The lowest BCUT2D eigenvalue weighted by Crippen LogP contribution is -2.76. The van der Waals surface area contributed by atoms with Crippen LogP contribution in [0.4, 0.5) is 0 Å². The fourth-order valence-electron chi connectivity index (χ4n) is 5.94. The molecule has 0 aliphatic carbocycles. The first-order chi connectivity index (χ1) is 16.5. The smallest absolute Gasteiger partial charge is 0.216 e. The van der Waals surface area contributed by atoms with Crippen LogP contribution in [-0.4, -0.2) is 72.9 Å². The maximum atomic E-state index is 13.2. The van der Waals surface area contributed by atoms with Gasteiger partial charge in [-0.2, -0.15) is 0 Å². The maximum absolute atomic E-state index is 13.2. The van der Waals surface area contributed by atoms with Gasteiger partial charge >= 0.3 is 0 Å². The van der Waals surface area contributed by atoms with E-state index in [-0.39, 0.29) is 11.6 Å². The second kappa shape index (κ2) is 8.15. The van der Waals surface area contributed by atoms with Gasteiger partial charge in [0.2, 0.25) is 11.6 Å². The minimum absolute atomic E-state index is 0.236. The number of rotatable bonds is 6. The quantitative estimate of drug-likeness (QED) is 0.315. The van der Waals surface area contributed by atoms with Crippen molar-refractivity contribution >= 4 is 33.1 Å². The van der Waals surface area contributed by atoms with Crippen LogP contribution in [0.15, 0.2) is 84.9 Å². The number of piperazine rings is 3. The lowest BCUT2D eigenvalue weighted by Gasteiger charge is -2.55. The summed E-state index contributed by atoms with van der Waals surface area (Å²) in [5, 5.41) is 4.57. The van der Waals surface area contributed by atoms with E-state index in [0.717, 1.165) is 70.1 Å².